The van der Waals surface area contributed by atoms with Crippen LogP contribution in [-0.2, 0) is 32.0 Å². The SMILES string of the molecule is CCn1ncc(/C=C/C(=O)Nc2cnn(C)c2C(=O)NCc2cnn(C)c2)c1C. The zero-order valence-corrected chi connectivity index (χ0v) is 16.9. The van der Waals surface area contributed by atoms with E-state index in [1.54, 1.807) is 30.2 Å². The van der Waals surface area contributed by atoms with Gasteiger partial charge in [-0.25, -0.2) is 0 Å². The van der Waals surface area contributed by atoms with E-state index in [0.717, 1.165) is 23.4 Å². The van der Waals surface area contributed by atoms with Crippen LogP contribution >= 0.6 is 0 Å². The number of carbonyl (C=O) groups is 2. The van der Waals surface area contributed by atoms with Crippen molar-refractivity contribution in [1.29, 1.82) is 0 Å². The van der Waals surface area contributed by atoms with Crippen LogP contribution in [0.4, 0.5) is 5.69 Å². The highest BCUT2D eigenvalue weighted by Gasteiger charge is 2.18. The summed E-state index contributed by atoms with van der Waals surface area (Å²) in [5.74, 6) is -0.698. The molecule has 0 fully saturated rings. The average molecular weight is 396 g/mol. The lowest BCUT2D eigenvalue weighted by atomic mass is 10.2. The Kier molecular flexibility index (Phi) is 5.91. The van der Waals surface area contributed by atoms with Gasteiger partial charge in [-0.3, -0.25) is 23.6 Å². The molecule has 0 aliphatic rings. The fourth-order valence-corrected chi connectivity index (χ4v) is 2.91. The summed E-state index contributed by atoms with van der Waals surface area (Å²) in [4.78, 5) is 24.9. The number of nitrogens with one attached hydrogen (secondary N) is 2. The summed E-state index contributed by atoms with van der Waals surface area (Å²) in [5, 5.41) is 17.9. The van der Waals surface area contributed by atoms with Gasteiger partial charge in [0.25, 0.3) is 5.91 Å². The molecule has 0 aliphatic heterocycles. The van der Waals surface area contributed by atoms with Crippen molar-refractivity contribution in [1.82, 2.24) is 34.7 Å². The van der Waals surface area contributed by atoms with E-state index in [1.165, 1.54) is 17.0 Å². The number of aromatic nitrogens is 6. The minimum absolute atomic E-state index is 0.269. The number of carbonyl (C=O) groups excluding carboxylic acids is 2. The van der Waals surface area contributed by atoms with Crippen molar-refractivity contribution >= 4 is 23.6 Å². The maximum Gasteiger partial charge on any atom is 0.271 e. The Bertz CT molecular complexity index is 1060. The van der Waals surface area contributed by atoms with Crippen molar-refractivity contribution in [3.8, 4) is 0 Å². The Hall–Kier alpha value is -3.69. The highest BCUT2D eigenvalue weighted by Crippen LogP contribution is 2.15. The first-order valence-corrected chi connectivity index (χ1v) is 9.18. The molecule has 0 radical (unpaired) electrons. The van der Waals surface area contributed by atoms with Crippen molar-refractivity contribution in [3.63, 3.8) is 0 Å². The largest absolute Gasteiger partial charge is 0.346 e. The van der Waals surface area contributed by atoms with Crippen LogP contribution in [0.3, 0.4) is 0 Å². The van der Waals surface area contributed by atoms with E-state index in [-0.39, 0.29) is 17.5 Å². The van der Waals surface area contributed by atoms with Crippen LogP contribution < -0.4 is 10.6 Å². The van der Waals surface area contributed by atoms with Crippen LogP contribution in [0.15, 0.2) is 30.9 Å². The molecular formula is C19H24N8O2. The maximum atomic E-state index is 12.6. The van der Waals surface area contributed by atoms with Crippen LogP contribution in [-0.4, -0.2) is 41.2 Å². The van der Waals surface area contributed by atoms with Crippen LogP contribution in [0.5, 0.6) is 0 Å². The summed E-state index contributed by atoms with van der Waals surface area (Å²) in [7, 11) is 3.45. The van der Waals surface area contributed by atoms with Gasteiger partial charge in [0.2, 0.25) is 5.91 Å². The summed E-state index contributed by atoms with van der Waals surface area (Å²) >= 11 is 0. The van der Waals surface area contributed by atoms with E-state index < -0.39 is 0 Å². The molecule has 0 aliphatic carbocycles. The number of hydrogen-bond donors (Lipinski definition) is 2. The van der Waals surface area contributed by atoms with E-state index in [9.17, 15) is 9.59 Å². The number of nitrogens with zero attached hydrogens (tertiary/aromatic N) is 6. The van der Waals surface area contributed by atoms with Crippen molar-refractivity contribution < 1.29 is 9.59 Å². The Morgan fingerprint density at radius 1 is 1.14 bits per heavy atom. The second kappa shape index (κ2) is 8.55. The molecule has 10 nitrogen and oxygen atoms in total. The second-order valence-electron chi connectivity index (χ2n) is 6.56. The van der Waals surface area contributed by atoms with Crippen molar-refractivity contribution in [3.05, 3.63) is 53.4 Å². The molecule has 0 saturated heterocycles. The van der Waals surface area contributed by atoms with E-state index in [4.69, 9.17) is 0 Å². The zero-order chi connectivity index (χ0) is 21.0. The highest BCUT2D eigenvalue weighted by atomic mass is 16.2. The Morgan fingerprint density at radius 2 is 1.93 bits per heavy atom. The van der Waals surface area contributed by atoms with Gasteiger partial charge in [0.05, 0.1) is 24.3 Å². The molecule has 152 valence electrons. The highest BCUT2D eigenvalue weighted by molar-refractivity contribution is 6.06. The molecule has 2 N–H and O–H groups in total. The standard InChI is InChI=1S/C19H24N8O2/c1-5-27-13(2)15(10-23-27)6-7-17(28)24-16-11-22-26(4)18(16)19(29)20-8-14-9-21-25(3)12-14/h6-7,9-12H,5,8H2,1-4H3,(H,20,29)(H,24,28)/b7-6+. The van der Waals surface area contributed by atoms with Gasteiger partial charge in [-0.1, -0.05) is 0 Å². The molecule has 0 spiro atoms. The molecule has 3 aromatic heterocycles. The molecule has 3 rings (SSSR count). The fourth-order valence-electron chi connectivity index (χ4n) is 2.91. The number of aryl methyl sites for hydroxylation is 3. The van der Waals surface area contributed by atoms with Gasteiger partial charge >= 0.3 is 0 Å². The number of anilines is 1. The van der Waals surface area contributed by atoms with Gasteiger partial charge < -0.3 is 10.6 Å². The summed E-state index contributed by atoms with van der Waals surface area (Å²) in [5.41, 5.74) is 3.33. The van der Waals surface area contributed by atoms with Crippen LogP contribution in [0.1, 0.15) is 34.2 Å². The van der Waals surface area contributed by atoms with E-state index >= 15 is 0 Å². The maximum absolute atomic E-state index is 12.6. The molecule has 0 atom stereocenters. The van der Waals surface area contributed by atoms with E-state index in [1.807, 2.05) is 31.8 Å². The topological polar surface area (TPSA) is 112 Å². The third-order valence-corrected chi connectivity index (χ3v) is 4.48. The van der Waals surface area contributed by atoms with Gasteiger partial charge in [0.1, 0.15) is 5.69 Å². The lowest BCUT2D eigenvalue weighted by molar-refractivity contribution is -0.111. The van der Waals surface area contributed by atoms with Crippen LogP contribution in [0.2, 0.25) is 0 Å². The summed E-state index contributed by atoms with van der Waals surface area (Å²) in [6.45, 7) is 5.04. The van der Waals surface area contributed by atoms with Crippen LogP contribution in [0, 0.1) is 6.92 Å². The van der Waals surface area contributed by atoms with Gasteiger partial charge in [-0.05, 0) is 19.9 Å². The summed E-state index contributed by atoms with van der Waals surface area (Å²) in [6.07, 6.45) is 9.77. The second-order valence-corrected chi connectivity index (χ2v) is 6.56. The van der Waals surface area contributed by atoms with Gasteiger partial charge in [0, 0.05) is 56.3 Å². The molecule has 0 unspecified atom stereocenters. The van der Waals surface area contributed by atoms with Crippen molar-refractivity contribution in [2.24, 2.45) is 14.1 Å². The van der Waals surface area contributed by atoms with Gasteiger partial charge in [-0.15, -0.1) is 0 Å². The first kappa shape index (κ1) is 20.1. The lowest BCUT2D eigenvalue weighted by Gasteiger charge is -2.07. The summed E-state index contributed by atoms with van der Waals surface area (Å²) in [6, 6.07) is 0. The Labute approximate surface area is 168 Å². The van der Waals surface area contributed by atoms with Crippen molar-refractivity contribution in [2.75, 3.05) is 5.32 Å². The van der Waals surface area contributed by atoms with E-state index in [0.29, 0.717) is 12.2 Å². The monoisotopic (exact) mass is 396 g/mol. The molecule has 2 amide bonds. The number of rotatable bonds is 7. The molecule has 0 bridgehead atoms. The quantitative estimate of drug-likeness (QED) is 0.584. The third-order valence-electron chi connectivity index (χ3n) is 4.48. The molecule has 29 heavy (non-hydrogen) atoms. The predicted molar refractivity (Wildman–Crippen MR) is 108 cm³/mol. The van der Waals surface area contributed by atoms with Crippen LogP contribution in [0.25, 0.3) is 6.08 Å². The molecule has 0 aromatic carbocycles. The fraction of sp³-hybridized carbons (Fsp3) is 0.316. The molecule has 10 heteroatoms. The Balaban J connectivity index is 1.66. The smallest absolute Gasteiger partial charge is 0.271 e. The summed E-state index contributed by atoms with van der Waals surface area (Å²) < 4.78 is 4.94. The minimum atomic E-state index is -0.358. The molecule has 0 saturated carbocycles. The predicted octanol–water partition coefficient (Wildman–Crippen LogP) is 1.26. The Morgan fingerprint density at radius 3 is 2.59 bits per heavy atom. The third kappa shape index (κ3) is 4.60. The van der Waals surface area contributed by atoms with Gasteiger partial charge in [0.15, 0.2) is 0 Å². The average Bonchev–Trinajstić information content (AvgIpc) is 3.37. The number of hydrogen-bond acceptors (Lipinski definition) is 5. The minimum Gasteiger partial charge on any atom is -0.346 e. The first-order valence-electron chi connectivity index (χ1n) is 9.18. The molecule has 3 heterocycles. The van der Waals surface area contributed by atoms with Crippen molar-refractivity contribution in [2.45, 2.75) is 26.9 Å². The van der Waals surface area contributed by atoms with Gasteiger partial charge in [-0.2, -0.15) is 15.3 Å². The zero-order valence-electron chi connectivity index (χ0n) is 16.9. The lowest BCUT2D eigenvalue weighted by Crippen LogP contribution is -2.26. The molecular weight excluding hydrogens is 372 g/mol. The first-order chi connectivity index (χ1) is 13.9. The molecule has 3 aromatic rings. The van der Waals surface area contributed by atoms with E-state index in [2.05, 4.69) is 25.9 Å². The number of amides is 2. The normalized spacial score (nSPS) is 11.2.